The van der Waals surface area contributed by atoms with Gasteiger partial charge in [0.2, 0.25) is 0 Å². The molecule has 0 amide bonds. The Morgan fingerprint density at radius 2 is 1.59 bits per heavy atom. The Labute approximate surface area is 101 Å². The second kappa shape index (κ2) is 4.87. The highest BCUT2D eigenvalue weighted by molar-refractivity contribution is 6.08. The Hall–Kier alpha value is -2.03. The largest absolute Gasteiger partial charge is 0.288 e. The molecule has 0 unspecified atom stereocenters. The third-order valence-electron chi connectivity index (χ3n) is 2.66. The van der Waals surface area contributed by atoms with Crippen LogP contribution in [0.25, 0.3) is 0 Å². The number of aromatic nitrogens is 2. The number of benzene rings is 1. The summed E-state index contributed by atoms with van der Waals surface area (Å²) in [6, 6.07) is 7.68. The first-order valence-electron chi connectivity index (χ1n) is 5.58. The first-order valence-corrected chi connectivity index (χ1v) is 5.58. The maximum absolute atomic E-state index is 12.0. The molecule has 0 saturated carbocycles. The molecule has 0 spiro atoms. The Morgan fingerprint density at radius 1 is 1.00 bits per heavy atom. The van der Waals surface area contributed by atoms with E-state index in [2.05, 4.69) is 23.8 Å². The minimum Gasteiger partial charge on any atom is -0.288 e. The van der Waals surface area contributed by atoms with E-state index in [9.17, 15) is 4.79 Å². The molecule has 1 aromatic carbocycles. The third-order valence-corrected chi connectivity index (χ3v) is 2.66. The molecule has 0 aliphatic rings. The first-order chi connectivity index (χ1) is 8.18. The van der Waals surface area contributed by atoms with Crippen LogP contribution in [-0.2, 0) is 0 Å². The van der Waals surface area contributed by atoms with Gasteiger partial charge in [-0.05, 0) is 11.5 Å². The fraction of sp³-hybridized carbons (Fsp3) is 0.214. The number of rotatable bonds is 3. The molecular weight excluding hydrogens is 212 g/mol. The second-order valence-electron chi connectivity index (χ2n) is 4.23. The van der Waals surface area contributed by atoms with E-state index in [-0.39, 0.29) is 5.78 Å². The van der Waals surface area contributed by atoms with Gasteiger partial charge in [0.15, 0.2) is 5.78 Å². The molecule has 0 saturated heterocycles. The lowest BCUT2D eigenvalue weighted by molar-refractivity contribution is 0.103. The van der Waals surface area contributed by atoms with Crippen LogP contribution in [0.4, 0.5) is 0 Å². The van der Waals surface area contributed by atoms with Crippen LogP contribution in [0.15, 0.2) is 43.0 Å². The van der Waals surface area contributed by atoms with Crippen molar-refractivity contribution < 1.29 is 4.79 Å². The topological polar surface area (TPSA) is 42.9 Å². The lowest BCUT2D eigenvalue weighted by Crippen LogP contribution is -2.02. The van der Waals surface area contributed by atoms with Gasteiger partial charge in [0.05, 0.1) is 5.56 Å². The summed E-state index contributed by atoms with van der Waals surface area (Å²) in [5.74, 6) is 0.431. The summed E-state index contributed by atoms with van der Waals surface area (Å²) in [6.45, 7) is 4.25. The van der Waals surface area contributed by atoms with Crippen molar-refractivity contribution in [1.82, 2.24) is 9.97 Å². The Balaban J connectivity index is 2.27. The van der Waals surface area contributed by atoms with Crippen molar-refractivity contribution in [3.63, 3.8) is 0 Å². The van der Waals surface area contributed by atoms with E-state index < -0.39 is 0 Å². The predicted octanol–water partition coefficient (Wildman–Crippen LogP) is 2.83. The van der Waals surface area contributed by atoms with Crippen molar-refractivity contribution in [1.29, 1.82) is 0 Å². The molecule has 3 heteroatoms. The lowest BCUT2D eigenvalue weighted by Gasteiger charge is -2.06. The number of ketones is 1. The molecule has 0 fully saturated rings. The zero-order valence-corrected chi connectivity index (χ0v) is 9.92. The van der Waals surface area contributed by atoms with E-state index >= 15 is 0 Å². The average molecular weight is 226 g/mol. The summed E-state index contributed by atoms with van der Waals surface area (Å²) < 4.78 is 0. The molecule has 86 valence electrons. The van der Waals surface area contributed by atoms with Crippen LogP contribution in [0.2, 0.25) is 0 Å². The molecule has 0 bridgehead atoms. The van der Waals surface area contributed by atoms with Crippen LogP contribution in [0.3, 0.4) is 0 Å². The standard InChI is InChI=1S/C14H14N2O/c1-10(2)11-3-5-12(6-4-11)14(17)13-7-15-9-16-8-13/h3-10H,1-2H3. The molecule has 0 N–H and O–H groups in total. The molecule has 0 aliphatic carbocycles. The summed E-state index contributed by atoms with van der Waals surface area (Å²) in [4.78, 5) is 19.7. The normalized spacial score (nSPS) is 10.5. The quantitative estimate of drug-likeness (QED) is 0.756. The van der Waals surface area contributed by atoms with Crippen LogP contribution in [0.1, 0.15) is 41.3 Å². The molecule has 0 aliphatic heterocycles. The Kier molecular flexibility index (Phi) is 3.28. The molecule has 2 rings (SSSR count). The molecule has 0 radical (unpaired) electrons. The van der Waals surface area contributed by atoms with Gasteiger partial charge in [0.1, 0.15) is 6.33 Å². The van der Waals surface area contributed by atoms with E-state index in [0.29, 0.717) is 17.0 Å². The van der Waals surface area contributed by atoms with E-state index in [1.807, 2.05) is 24.3 Å². The van der Waals surface area contributed by atoms with Crippen molar-refractivity contribution in [2.24, 2.45) is 0 Å². The van der Waals surface area contributed by atoms with Gasteiger partial charge in [-0.25, -0.2) is 9.97 Å². The maximum atomic E-state index is 12.0. The Morgan fingerprint density at radius 3 is 2.12 bits per heavy atom. The summed E-state index contributed by atoms with van der Waals surface area (Å²) in [6.07, 6.45) is 4.48. The minimum atomic E-state index is -0.0408. The monoisotopic (exact) mass is 226 g/mol. The predicted molar refractivity (Wildman–Crippen MR) is 66.0 cm³/mol. The zero-order valence-electron chi connectivity index (χ0n) is 9.92. The second-order valence-corrected chi connectivity index (χ2v) is 4.23. The number of carbonyl (C=O) groups is 1. The van der Waals surface area contributed by atoms with E-state index in [1.54, 1.807) is 0 Å². The van der Waals surface area contributed by atoms with E-state index in [0.717, 1.165) is 0 Å². The van der Waals surface area contributed by atoms with E-state index in [1.165, 1.54) is 24.3 Å². The van der Waals surface area contributed by atoms with Crippen LogP contribution in [0, 0.1) is 0 Å². The lowest BCUT2D eigenvalue weighted by atomic mass is 9.99. The smallest absolute Gasteiger partial charge is 0.196 e. The molecule has 3 nitrogen and oxygen atoms in total. The number of hydrogen-bond acceptors (Lipinski definition) is 3. The van der Waals surface area contributed by atoms with Crippen LogP contribution in [-0.4, -0.2) is 15.8 Å². The molecule has 0 atom stereocenters. The van der Waals surface area contributed by atoms with E-state index in [4.69, 9.17) is 0 Å². The van der Waals surface area contributed by atoms with Gasteiger partial charge in [-0.2, -0.15) is 0 Å². The zero-order chi connectivity index (χ0) is 12.3. The first kappa shape index (κ1) is 11.5. The summed E-state index contributed by atoms with van der Waals surface area (Å²) in [5.41, 5.74) is 2.42. The van der Waals surface area contributed by atoms with Gasteiger partial charge < -0.3 is 0 Å². The van der Waals surface area contributed by atoms with Gasteiger partial charge in [-0.15, -0.1) is 0 Å². The highest BCUT2D eigenvalue weighted by Gasteiger charge is 2.09. The number of carbonyl (C=O) groups excluding carboxylic acids is 1. The summed E-state index contributed by atoms with van der Waals surface area (Å²) in [7, 11) is 0. The van der Waals surface area contributed by atoms with Crippen molar-refractivity contribution in [3.05, 3.63) is 59.7 Å². The van der Waals surface area contributed by atoms with Crippen LogP contribution in [0.5, 0.6) is 0 Å². The van der Waals surface area contributed by atoms with Crippen molar-refractivity contribution in [2.75, 3.05) is 0 Å². The molecule has 2 aromatic rings. The van der Waals surface area contributed by atoms with Gasteiger partial charge in [-0.3, -0.25) is 4.79 Å². The molecule has 1 aromatic heterocycles. The third kappa shape index (κ3) is 2.56. The number of hydrogen-bond donors (Lipinski definition) is 0. The SMILES string of the molecule is CC(C)c1ccc(C(=O)c2cncnc2)cc1. The molecular formula is C14H14N2O. The minimum absolute atomic E-state index is 0.0408. The molecule has 17 heavy (non-hydrogen) atoms. The van der Waals surface area contributed by atoms with Crippen molar-refractivity contribution in [3.8, 4) is 0 Å². The summed E-state index contributed by atoms with van der Waals surface area (Å²) >= 11 is 0. The maximum Gasteiger partial charge on any atom is 0.196 e. The van der Waals surface area contributed by atoms with Gasteiger partial charge in [-0.1, -0.05) is 38.1 Å². The highest BCUT2D eigenvalue weighted by atomic mass is 16.1. The van der Waals surface area contributed by atoms with Gasteiger partial charge >= 0.3 is 0 Å². The van der Waals surface area contributed by atoms with Crippen molar-refractivity contribution >= 4 is 5.78 Å². The number of nitrogens with zero attached hydrogens (tertiary/aromatic N) is 2. The summed E-state index contributed by atoms with van der Waals surface area (Å²) in [5, 5.41) is 0. The molecule has 1 heterocycles. The van der Waals surface area contributed by atoms with Gasteiger partial charge in [0.25, 0.3) is 0 Å². The van der Waals surface area contributed by atoms with Crippen molar-refractivity contribution in [2.45, 2.75) is 19.8 Å². The fourth-order valence-electron chi connectivity index (χ4n) is 1.60. The van der Waals surface area contributed by atoms with Crippen LogP contribution >= 0.6 is 0 Å². The Bertz CT molecular complexity index is 504. The fourth-order valence-corrected chi connectivity index (χ4v) is 1.60. The van der Waals surface area contributed by atoms with Crippen LogP contribution < -0.4 is 0 Å². The highest BCUT2D eigenvalue weighted by Crippen LogP contribution is 2.16. The average Bonchev–Trinajstić information content (AvgIpc) is 2.39. The van der Waals surface area contributed by atoms with Gasteiger partial charge in [0, 0.05) is 18.0 Å².